The van der Waals surface area contributed by atoms with E-state index in [1.807, 2.05) is 0 Å². The first-order valence-electron chi connectivity index (χ1n) is 13.2. The highest BCUT2D eigenvalue weighted by Gasteiger charge is 2.61. The van der Waals surface area contributed by atoms with E-state index in [2.05, 4.69) is 88.5 Å². The van der Waals surface area contributed by atoms with E-state index in [0.717, 1.165) is 32.5 Å². The van der Waals surface area contributed by atoms with Gasteiger partial charge in [0.2, 0.25) is 0 Å². The van der Waals surface area contributed by atoms with Gasteiger partial charge in [-0.25, -0.2) is 0 Å². The summed E-state index contributed by atoms with van der Waals surface area (Å²) in [5, 5.41) is 0.364. The van der Waals surface area contributed by atoms with E-state index in [4.69, 9.17) is 13.6 Å². The van der Waals surface area contributed by atoms with E-state index in [-0.39, 0.29) is 27.4 Å². The number of carbonyl (C=O) groups is 1. The molecule has 4 nitrogen and oxygen atoms in total. The van der Waals surface area contributed by atoms with Crippen LogP contribution in [-0.2, 0) is 18.4 Å². The zero-order valence-corrected chi connectivity index (χ0v) is 26.8. The molecular weight excluding hydrogens is 456 g/mol. The third-order valence-corrected chi connectivity index (χ3v) is 18.5. The first-order valence-corrected chi connectivity index (χ1v) is 19.0. The molecule has 0 bridgehead atoms. The summed E-state index contributed by atoms with van der Waals surface area (Å²) in [6.07, 6.45) is 3.25. The number of hydrogen-bond donors (Lipinski definition) is 0. The van der Waals surface area contributed by atoms with Crippen LogP contribution in [0.2, 0.25) is 36.3 Å². The van der Waals surface area contributed by atoms with Crippen molar-refractivity contribution in [3.8, 4) is 0 Å². The van der Waals surface area contributed by atoms with Gasteiger partial charge in [0.25, 0.3) is 0 Å². The third kappa shape index (κ3) is 6.27. The van der Waals surface area contributed by atoms with Gasteiger partial charge in [-0.3, -0.25) is 4.79 Å². The van der Waals surface area contributed by atoms with Crippen molar-refractivity contribution in [3.05, 3.63) is 11.1 Å². The maximum atomic E-state index is 11.9. The Morgan fingerprint density at radius 3 is 1.74 bits per heavy atom. The molecule has 0 aliphatic heterocycles. The lowest BCUT2D eigenvalue weighted by Crippen LogP contribution is -2.45. The molecule has 0 aromatic rings. The first kappa shape index (κ1) is 29.8. The highest BCUT2D eigenvalue weighted by atomic mass is 28.4. The van der Waals surface area contributed by atoms with E-state index < -0.39 is 22.2 Å². The van der Waals surface area contributed by atoms with Gasteiger partial charge in [0, 0.05) is 31.5 Å². The summed E-state index contributed by atoms with van der Waals surface area (Å²) in [5.74, 6) is 0.520. The van der Waals surface area contributed by atoms with Crippen LogP contribution in [0.15, 0.2) is 11.1 Å². The molecule has 0 spiro atoms. The lowest BCUT2D eigenvalue weighted by atomic mass is 9.81. The minimum atomic E-state index is -1.88. The summed E-state index contributed by atoms with van der Waals surface area (Å²) in [7, 11) is -3.75. The molecule has 0 N–H and O–H groups in total. The second kappa shape index (κ2) is 9.46. The van der Waals surface area contributed by atoms with E-state index in [0.29, 0.717) is 5.92 Å². The Bertz CT molecular complexity index is 766. The quantitative estimate of drug-likeness (QED) is 0.178. The molecule has 2 aliphatic carbocycles. The number of hydrogen-bond acceptors (Lipinski definition) is 4. The summed E-state index contributed by atoms with van der Waals surface area (Å²) in [6, 6.07) is 0. The van der Waals surface area contributed by atoms with Crippen molar-refractivity contribution in [2.45, 2.75) is 130 Å². The molecule has 1 saturated carbocycles. The van der Waals surface area contributed by atoms with Crippen molar-refractivity contribution in [1.82, 2.24) is 0 Å². The zero-order chi connectivity index (χ0) is 26.5. The molecule has 0 aromatic heterocycles. The van der Waals surface area contributed by atoms with Gasteiger partial charge in [0.1, 0.15) is 5.60 Å². The summed E-state index contributed by atoms with van der Waals surface area (Å²) < 4.78 is 19.5. The van der Waals surface area contributed by atoms with Crippen molar-refractivity contribution in [2.75, 3.05) is 13.2 Å². The zero-order valence-electron chi connectivity index (χ0n) is 24.8. The van der Waals surface area contributed by atoms with Crippen LogP contribution >= 0.6 is 0 Å². The van der Waals surface area contributed by atoms with Crippen LogP contribution in [0.25, 0.3) is 0 Å². The lowest BCUT2D eigenvalue weighted by molar-refractivity contribution is -0.157. The Hall–Kier alpha value is -0.436. The lowest BCUT2D eigenvalue weighted by Gasteiger charge is -2.40. The van der Waals surface area contributed by atoms with Crippen LogP contribution in [0.5, 0.6) is 0 Å². The Kier molecular flexibility index (Phi) is 8.29. The Balaban J connectivity index is 2.35. The monoisotopic (exact) mass is 510 g/mol. The van der Waals surface area contributed by atoms with Gasteiger partial charge in [-0.1, -0.05) is 52.7 Å². The highest BCUT2D eigenvalue weighted by molar-refractivity contribution is 6.74. The molecule has 6 heteroatoms. The topological polar surface area (TPSA) is 44.8 Å². The smallest absolute Gasteiger partial charge is 0.303 e. The predicted octanol–water partition coefficient (Wildman–Crippen LogP) is 8.10. The molecule has 1 fully saturated rings. The molecule has 0 amide bonds. The van der Waals surface area contributed by atoms with Crippen LogP contribution in [0.1, 0.15) is 88.5 Å². The number of allylic oxidation sites excluding steroid dienone is 1. The standard InChI is InChI=1S/C28H54O4Si2/c1-20-15-16-22(27(9,10)32-21(2)29)24(20)23-17-28(23,18-30-33(11,12)25(3,4)5)19-31-34(13,14)26(6,7)8/h22-23H,15-19H2,1-14H3/t22-,23?/m0/s1. The van der Waals surface area contributed by atoms with Crippen molar-refractivity contribution < 1.29 is 18.4 Å². The van der Waals surface area contributed by atoms with Gasteiger partial charge < -0.3 is 13.6 Å². The molecule has 0 radical (unpaired) electrons. The van der Waals surface area contributed by atoms with Crippen molar-refractivity contribution in [2.24, 2.45) is 17.3 Å². The third-order valence-electron chi connectivity index (χ3n) is 9.54. The summed E-state index contributed by atoms with van der Waals surface area (Å²) in [5.41, 5.74) is 2.53. The first-order chi connectivity index (χ1) is 15.1. The molecule has 0 heterocycles. The molecule has 198 valence electrons. The Morgan fingerprint density at radius 1 is 0.912 bits per heavy atom. The minimum Gasteiger partial charge on any atom is -0.459 e. The molecule has 1 unspecified atom stereocenters. The van der Waals surface area contributed by atoms with Gasteiger partial charge in [-0.15, -0.1) is 0 Å². The van der Waals surface area contributed by atoms with Crippen LogP contribution in [-0.4, -0.2) is 41.4 Å². The van der Waals surface area contributed by atoms with Gasteiger partial charge in [0.15, 0.2) is 16.6 Å². The molecule has 2 rings (SSSR count). The van der Waals surface area contributed by atoms with Crippen LogP contribution < -0.4 is 0 Å². The fourth-order valence-electron chi connectivity index (χ4n) is 4.89. The highest BCUT2D eigenvalue weighted by Crippen LogP contribution is 2.63. The van der Waals surface area contributed by atoms with E-state index in [1.54, 1.807) is 0 Å². The average molecular weight is 511 g/mol. The van der Waals surface area contributed by atoms with Crippen LogP contribution in [0.4, 0.5) is 0 Å². The molecule has 2 atom stereocenters. The van der Waals surface area contributed by atoms with Crippen LogP contribution in [0, 0.1) is 17.3 Å². The van der Waals surface area contributed by atoms with Gasteiger partial charge in [-0.05, 0) is 82.2 Å². The predicted molar refractivity (Wildman–Crippen MR) is 148 cm³/mol. The number of ether oxygens (including phenoxy) is 1. The average Bonchev–Trinajstić information content (AvgIpc) is 3.19. The maximum Gasteiger partial charge on any atom is 0.303 e. The second-order valence-electron chi connectivity index (χ2n) is 14.7. The molecule has 2 aliphatic rings. The maximum absolute atomic E-state index is 11.9. The molecular formula is C28H54O4Si2. The Labute approximate surface area is 212 Å². The van der Waals surface area contributed by atoms with Gasteiger partial charge in [-0.2, -0.15) is 0 Å². The summed E-state index contributed by atoms with van der Waals surface area (Å²) >= 11 is 0. The number of esters is 1. The minimum absolute atomic E-state index is 0.0243. The SMILES string of the molecule is CC(=O)OC(C)(C)[C@H]1CCC(C)=C1C1CC1(CO[Si](C)(C)C(C)(C)C)CO[Si](C)(C)C(C)(C)C. The van der Waals surface area contributed by atoms with E-state index in [1.165, 1.54) is 18.1 Å². The fraction of sp³-hybridized carbons (Fsp3) is 0.893. The molecule has 34 heavy (non-hydrogen) atoms. The number of carbonyl (C=O) groups excluding carboxylic acids is 1. The fourth-order valence-corrected chi connectivity index (χ4v) is 7.05. The van der Waals surface area contributed by atoms with Crippen molar-refractivity contribution in [3.63, 3.8) is 0 Å². The summed E-state index contributed by atoms with van der Waals surface area (Å²) in [4.78, 5) is 11.9. The number of rotatable bonds is 9. The van der Waals surface area contributed by atoms with Gasteiger partial charge >= 0.3 is 5.97 Å². The largest absolute Gasteiger partial charge is 0.459 e. The normalized spacial score (nSPS) is 23.9. The van der Waals surface area contributed by atoms with Crippen molar-refractivity contribution in [1.29, 1.82) is 0 Å². The molecule has 0 saturated heterocycles. The van der Waals surface area contributed by atoms with E-state index >= 15 is 0 Å². The molecule has 0 aromatic carbocycles. The van der Waals surface area contributed by atoms with Crippen molar-refractivity contribution >= 4 is 22.6 Å². The second-order valence-corrected chi connectivity index (χ2v) is 24.4. The summed E-state index contributed by atoms with van der Waals surface area (Å²) in [6.45, 7) is 32.7. The Morgan fingerprint density at radius 2 is 1.35 bits per heavy atom. The van der Waals surface area contributed by atoms with Crippen LogP contribution in [0.3, 0.4) is 0 Å². The van der Waals surface area contributed by atoms with Gasteiger partial charge in [0.05, 0.1) is 0 Å². The van der Waals surface area contributed by atoms with E-state index in [9.17, 15) is 4.79 Å².